The van der Waals surface area contributed by atoms with Crippen LogP contribution < -0.4 is 0 Å². The van der Waals surface area contributed by atoms with Gasteiger partial charge in [0.1, 0.15) is 0 Å². The maximum absolute atomic E-state index is 12.5. The van der Waals surface area contributed by atoms with Gasteiger partial charge in [-0.1, -0.05) is 20.8 Å². The van der Waals surface area contributed by atoms with Crippen molar-refractivity contribution in [2.24, 2.45) is 0 Å². The summed E-state index contributed by atoms with van der Waals surface area (Å²) in [5.74, 6) is 2.72. The summed E-state index contributed by atoms with van der Waals surface area (Å²) in [7, 11) is 0. The SMILES string of the molecule is CCC(C)O.CCC(C)O.CCC(C)O.[CH3][Ge]([CH3])([C]1=[C-]CC=C1)[C](F)(F)F.[Zr]. The third-order valence-corrected chi connectivity index (χ3v) is 10.4. The fourth-order valence-electron chi connectivity index (χ4n) is 0.987. The minimum absolute atomic E-state index is 0. The van der Waals surface area contributed by atoms with Crippen LogP contribution in [0.25, 0.3) is 0 Å². The molecular weight excluding hydrogens is 509 g/mol. The Kier molecular flexibility index (Phi) is 25.1. The van der Waals surface area contributed by atoms with Crippen molar-refractivity contribution in [2.75, 3.05) is 0 Å². The number of hydrogen-bond acceptors (Lipinski definition) is 3. The fourth-order valence-corrected chi connectivity index (χ4v) is 3.89. The Morgan fingerprint density at radius 1 is 0.929 bits per heavy atom. The topological polar surface area (TPSA) is 60.7 Å². The molecule has 8 heteroatoms. The van der Waals surface area contributed by atoms with Crippen LogP contribution >= 0.6 is 0 Å². The standard InChI is InChI=1S/C8H10F3Ge.3C4H10O.Zr/c1-12(2,8(9,10)11)7-5-3-4-6-7;3*1-3-4(2)5;/h3,5H,4H2,1-2H3;3*4-5H,3H2,1-2H3;/q-1;;;;. The summed E-state index contributed by atoms with van der Waals surface area (Å²) < 4.78 is 37.9. The number of aliphatic hydroxyl groups is 3. The van der Waals surface area contributed by atoms with Crippen LogP contribution in [0.4, 0.5) is 13.2 Å². The second kappa shape index (κ2) is 19.5. The minimum Gasteiger partial charge on any atom is 0 e. The van der Waals surface area contributed by atoms with Crippen molar-refractivity contribution in [1.29, 1.82) is 0 Å². The van der Waals surface area contributed by atoms with Gasteiger partial charge in [0.15, 0.2) is 0 Å². The van der Waals surface area contributed by atoms with E-state index in [9.17, 15) is 13.2 Å². The van der Waals surface area contributed by atoms with E-state index >= 15 is 0 Å². The first-order chi connectivity index (χ1) is 12.2. The van der Waals surface area contributed by atoms with Crippen molar-refractivity contribution in [3.63, 3.8) is 0 Å². The molecule has 0 aromatic carbocycles. The zero-order valence-corrected chi connectivity index (χ0v) is 23.2. The zero-order chi connectivity index (χ0) is 22.3. The van der Waals surface area contributed by atoms with Crippen molar-refractivity contribution in [2.45, 2.75) is 102 Å². The normalized spacial score (nSPS) is 15.9. The Morgan fingerprint density at radius 2 is 1.21 bits per heavy atom. The third kappa shape index (κ3) is 21.3. The van der Waals surface area contributed by atoms with E-state index in [1.165, 1.54) is 11.5 Å². The van der Waals surface area contributed by atoms with Crippen LogP contribution in [0.5, 0.6) is 0 Å². The summed E-state index contributed by atoms with van der Waals surface area (Å²) in [6.45, 7) is 11.2. The van der Waals surface area contributed by atoms with Gasteiger partial charge in [0, 0.05) is 26.2 Å². The summed E-state index contributed by atoms with van der Waals surface area (Å²) in [5, 5.41) is 21.1. The van der Waals surface area contributed by atoms with Gasteiger partial charge in [0.2, 0.25) is 0 Å². The molecule has 0 bridgehead atoms. The molecule has 1 rings (SSSR count). The average molecular weight is 549 g/mol. The smallest absolute Gasteiger partial charge is 0 e. The van der Waals surface area contributed by atoms with Crippen LogP contribution in [0.15, 0.2) is 16.6 Å². The molecule has 3 atom stereocenters. The van der Waals surface area contributed by atoms with Crippen LogP contribution in [0.1, 0.15) is 67.2 Å². The van der Waals surface area contributed by atoms with Gasteiger partial charge in [-0.15, -0.1) is 0 Å². The quantitative estimate of drug-likeness (QED) is 0.327. The summed E-state index contributed by atoms with van der Waals surface area (Å²) in [4.78, 5) is 0. The van der Waals surface area contributed by atoms with Crippen molar-refractivity contribution in [3.05, 3.63) is 22.6 Å². The van der Waals surface area contributed by atoms with E-state index in [1.807, 2.05) is 20.8 Å². The number of rotatable bonds is 4. The van der Waals surface area contributed by atoms with E-state index in [0.29, 0.717) is 10.8 Å². The second-order valence-electron chi connectivity index (χ2n) is 7.09. The molecule has 1 aliphatic carbocycles. The molecule has 0 aromatic rings. The first-order valence-electron chi connectivity index (χ1n) is 9.55. The van der Waals surface area contributed by atoms with E-state index in [2.05, 4.69) is 6.08 Å². The molecule has 0 saturated carbocycles. The molecule has 168 valence electrons. The Balaban J connectivity index is -0.000000153. The predicted molar refractivity (Wildman–Crippen MR) is 110 cm³/mol. The van der Waals surface area contributed by atoms with Crippen molar-refractivity contribution < 1.29 is 54.7 Å². The number of allylic oxidation sites excluding steroid dienone is 4. The summed E-state index contributed by atoms with van der Waals surface area (Å²) in [6, 6.07) is 0. The summed E-state index contributed by atoms with van der Waals surface area (Å²) >= 11 is -3.77. The van der Waals surface area contributed by atoms with Gasteiger partial charge in [0.05, 0.1) is 18.3 Å². The molecule has 3 nitrogen and oxygen atoms in total. The van der Waals surface area contributed by atoms with Crippen molar-refractivity contribution in [1.82, 2.24) is 0 Å². The average Bonchev–Trinajstić information content (AvgIpc) is 3.10. The van der Waals surface area contributed by atoms with Crippen LogP contribution in [0.3, 0.4) is 0 Å². The molecule has 1 aliphatic rings. The molecular formula is C20H40F3GeO3Zr-. The maximum atomic E-state index is 12.5. The fraction of sp³-hybridized carbons (Fsp3) is 0.800. The molecule has 0 aromatic heterocycles. The molecule has 0 amide bonds. The minimum atomic E-state index is -4.00. The molecule has 28 heavy (non-hydrogen) atoms. The molecule has 0 heterocycles. The number of aliphatic hydroxyl groups excluding tert-OH is 3. The Hall–Kier alpha value is 0.576. The van der Waals surface area contributed by atoms with Crippen LogP contribution in [0, 0.1) is 6.08 Å². The van der Waals surface area contributed by atoms with Gasteiger partial charge in [0.25, 0.3) is 0 Å². The maximum Gasteiger partial charge on any atom is 0 e. The van der Waals surface area contributed by atoms with E-state index in [1.54, 1.807) is 32.9 Å². The van der Waals surface area contributed by atoms with Gasteiger partial charge >= 0.3 is 72.0 Å². The Labute approximate surface area is 192 Å². The molecule has 0 spiro atoms. The molecule has 0 saturated heterocycles. The summed E-state index contributed by atoms with van der Waals surface area (Å²) in [6.07, 6.45) is 8.86. The van der Waals surface area contributed by atoms with Crippen molar-refractivity contribution >= 4 is 13.3 Å². The molecule has 0 radical (unpaired) electrons. The Bertz CT molecular complexity index is 389. The second-order valence-corrected chi connectivity index (χ2v) is 16.2. The van der Waals surface area contributed by atoms with Gasteiger partial charge in [-0.2, -0.15) is 0 Å². The van der Waals surface area contributed by atoms with E-state index < -0.39 is 18.3 Å². The van der Waals surface area contributed by atoms with Gasteiger partial charge in [-0.05, 0) is 40.0 Å². The number of hydrogen-bond donors (Lipinski definition) is 3. The molecule has 0 fully saturated rings. The monoisotopic (exact) mass is 549 g/mol. The van der Waals surface area contributed by atoms with Crippen LogP contribution in [-0.2, 0) is 26.2 Å². The Morgan fingerprint density at radius 3 is 1.36 bits per heavy atom. The van der Waals surface area contributed by atoms with E-state index in [-0.39, 0.29) is 44.5 Å². The predicted octanol–water partition coefficient (Wildman–Crippen LogP) is 5.35. The zero-order valence-electron chi connectivity index (χ0n) is 18.7. The van der Waals surface area contributed by atoms with Crippen molar-refractivity contribution in [3.8, 4) is 0 Å². The molecule has 0 aliphatic heterocycles. The number of alkyl halides is 3. The van der Waals surface area contributed by atoms with Gasteiger partial charge < -0.3 is 15.3 Å². The molecule has 3 N–H and O–H groups in total. The third-order valence-electron chi connectivity index (χ3n) is 3.85. The van der Waals surface area contributed by atoms with E-state index in [4.69, 9.17) is 15.3 Å². The molecule has 3 unspecified atom stereocenters. The van der Waals surface area contributed by atoms with Crippen LogP contribution in [-0.4, -0.2) is 51.9 Å². The number of halogens is 3. The summed E-state index contributed by atoms with van der Waals surface area (Å²) in [5.41, 5.74) is 0. The largest absolute Gasteiger partial charge is 0 e. The first kappa shape index (κ1) is 36.0. The first-order valence-corrected chi connectivity index (χ1v) is 15.8. The van der Waals surface area contributed by atoms with Crippen LogP contribution in [0.2, 0.25) is 11.5 Å². The van der Waals surface area contributed by atoms with Gasteiger partial charge in [-0.3, -0.25) is 0 Å². The van der Waals surface area contributed by atoms with E-state index in [0.717, 1.165) is 19.3 Å². The van der Waals surface area contributed by atoms with Gasteiger partial charge in [-0.25, -0.2) is 0 Å².